The van der Waals surface area contributed by atoms with E-state index in [0.717, 1.165) is 53.4 Å². The number of fused-ring (bicyclic) bond motifs is 1. The third kappa shape index (κ3) is 4.39. The van der Waals surface area contributed by atoms with Crippen LogP contribution in [0.2, 0.25) is 5.02 Å². The SMILES string of the molecule is O=C(c1ncc[nH]1)N1CCN(Cc2c(-c3ccc(Cl)cc3)nc3ccc(-c4ccccc4)cn23)CC1. The van der Waals surface area contributed by atoms with Crippen LogP contribution in [0, 0.1) is 0 Å². The van der Waals surface area contributed by atoms with Crippen molar-refractivity contribution in [3.8, 4) is 22.4 Å². The molecule has 2 aromatic carbocycles. The molecule has 1 fully saturated rings. The second-order valence-electron chi connectivity index (χ2n) is 8.93. The van der Waals surface area contributed by atoms with Gasteiger partial charge in [0.15, 0.2) is 5.82 Å². The fourth-order valence-corrected chi connectivity index (χ4v) is 4.86. The standard InChI is InChI=1S/C28H25ClN6O/c29-23-9-6-21(7-10-23)26-24(19-33-14-16-34(17-15-33)28(36)27-30-12-13-31-27)35-18-22(8-11-25(35)32-26)20-4-2-1-3-5-20/h1-13,18H,14-17,19H2,(H,30,31). The first kappa shape index (κ1) is 22.5. The number of benzene rings is 2. The summed E-state index contributed by atoms with van der Waals surface area (Å²) in [7, 11) is 0. The van der Waals surface area contributed by atoms with Crippen molar-refractivity contribution in [2.24, 2.45) is 0 Å². The average Bonchev–Trinajstić information content (AvgIpc) is 3.58. The first-order chi connectivity index (χ1) is 17.7. The van der Waals surface area contributed by atoms with E-state index in [9.17, 15) is 4.79 Å². The van der Waals surface area contributed by atoms with Crippen LogP contribution in [0.5, 0.6) is 0 Å². The minimum Gasteiger partial charge on any atom is -0.341 e. The Balaban J connectivity index is 1.32. The lowest BCUT2D eigenvalue weighted by Gasteiger charge is -2.34. The molecule has 5 aromatic rings. The van der Waals surface area contributed by atoms with E-state index in [1.807, 2.05) is 35.2 Å². The van der Waals surface area contributed by atoms with E-state index in [2.05, 4.69) is 61.9 Å². The van der Waals surface area contributed by atoms with Gasteiger partial charge in [-0.1, -0.05) is 54.1 Å². The zero-order valence-corrected chi connectivity index (χ0v) is 20.4. The highest BCUT2D eigenvalue weighted by molar-refractivity contribution is 6.30. The van der Waals surface area contributed by atoms with Crippen LogP contribution in [0.25, 0.3) is 28.0 Å². The fourth-order valence-electron chi connectivity index (χ4n) is 4.74. The Kier molecular flexibility index (Phi) is 6.01. The summed E-state index contributed by atoms with van der Waals surface area (Å²) in [6.45, 7) is 3.58. The molecule has 8 heteroatoms. The van der Waals surface area contributed by atoms with E-state index < -0.39 is 0 Å². The Bertz CT molecular complexity index is 1490. The van der Waals surface area contributed by atoms with Gasteiger partial charge in [-0.3, -0.25) is 9.69 Å². The molecule has 0 spiro atoms. The van der Waals surface area contributed by atoms with Gasteiger partial charge in [0.2, 0.25) is 0 Å². The fraction of sp³-hybridized carbons (Fsp3) is 0.179. The maximum atomic E-state index is 12.7. The van der Waals surface area contributed by atoms with Crippen molar-refractivity contribution in [1.82, 2.24) is 29.2 Å². The van der Waals surface area contributed by atoms with Crippen LogP contribution in [0.15, 0.2) is 85.3 Å². The lowest BCUT2D eigenvalue weighted by Crippen LogP contribution is -2.48. The summed E-state index contributed by atoms with van der Waals surface area (Å²) in [4.78, 5) is 29.0. The smallest absolute Gasteiger partial charge is 0.289 e. The van der Waals surface area contributed by atoms with Crippen molar-refractivity contribution in [2.45, 2.75) is 6.54 Å². The normalized spacial score (nSPS) is 14.4. The molecule has 36 heavy (non-hydrogen) atoms. The van der Waals surface area contributed by atoms with Crippen LogP contribution >= 0.6 is 11.6 Å². The van der Waals surface area contributed by atoms with Gasteiger partial charge in [-0.15, -0.1) is 0 Å². The predicted molar refractivity (Wildman–Crippen MR) is 141 cm³/mol. The zero-order valence-electron chi connectivity index (χ0n) is 19.6. The van der Waals surface area contributed by atoms with Gasteiger partial charge in [0.05, 0.1) is 11.4 Å². The number of aromatic amines is 1. The summed E-state index contributed by atoms with van der Waals surface area (Å²) in [5.41, 5.74) is 6.31. The zero-order chi connectivity index (χ0) is 24.5. The summed E-state index contributed by atoms with van der Waals surface area (Å²) in [6.07, 6.45) is 5.45. The molecule has 1 aliphatic rings. The Morgan fingerprint density at radius 1 is 0.889 bits per heavy atom. The van der Waals surface area contributed by atoms with Crippen LogP contribution in [0.4, 0.5) is 0 Å². The van der Waals surface area contributed by atoms with Crippen molar-refractivity contribution >= 4 is 23.2 Å². The monoisotopic (exact) mass is 496 g/mol. The van der Waals surface area contributed by atoms with Crippen molar-refractivity contribution in [1.29, 1.82) is 0 Å². The van der Waals surface area contributed by atoms with Crippen molar-refractivity contribution < 1.29 is 4.79 Å². The third-order valence-electron chi connectivity index (χ3n) is 6.68. The van der Waals surface area contributed by atoms with Gasteiger partial charge < -0.3 is 14.3 Å². The minimum absolute atomic E-state index is 0.0520. The van der Waals surface area contributed by atoms with E-state index in [4.69, 9.17) is 16.6 Å². The molecule has 0 unspecified atom stereocenters. The molecule has 0 aliphatic carbocycles. The number of imidazole rings is 2. The van der Waals surface area contributed by atoms with E-state index in [-0.39, 0.29) is 5.91 Å². The Hall–Kier alpha value is -3.94. The molecule has 180 valence electrons. The number of carbonyl (C=O) groups is 1. The van der Waals surface area contributed by atoms with Crippen LogP contribution in [0.1, 0.15) is 16.3 Å². The van der Waals surface area contributed by atoms with E-state index in [1.54, 1.807) is 12.4 Å². The molecule has 0 saturated carbocycles. The third-order valence-corrected chi connectivity index (χ3v) is 6.93. The molecule has 0 atom stereocenters. The molecule has 1 amide bonds. The second kappa shape index (κ2) is 9.60. The molecule has 0 radical (unpaired) electrons. The summed E-state index contributed by atoms with van der Waals surface area (Å²) in [5.74, 6) is 0.340. The average molecular weight is 497 g/mol. The number of piperazine rings is 1. The molecule has 3 aromatic heterocycles. The molecule has 1 saturated heterocycles. The van der Waals surface area contributed by atoms with Gasteiger partial charge in [0.1, 0.15) is 5.65 Å². The van der Waals surface area contributed by atoms with E-state index >= 15 is 0 Å². The molecule has 1 aliphatic heterocycles. The highest BCUT2D eigenvalue weighted by Gasteiger charge is 2.25. The van der Waals surface area contributed by atoms with E-state index in [0.29, 0.717) is 23.9 Å². The number of rotatable bonds is 5. The first-order valence-corrected chi connectivity index (χ1v) is 12.4. The van der Waals surface area contributed by atoms with Gasteiger partial charge in [0, 0.05) is 61.9 Å². The molecule has 4 heterocycles. The second-order valence-corrected chi connectivity index (χ2v) is 9.37. The number of H-pyrrole nitrogens is 1. The van der Waals surface area contributed by atoms with Gasteiger partial charge in [0.25, 0.3) is 5.91 Å². The number of pyridine rings is 1. The Morgan fingerprint density at radius 2 is 1.64 bits per heavy atom. The lowest BCUT2D eigenvalue weighted by atomic mass is 10.1. The number of nitrogens with zero attached hydrogens (tertiary/aromatic N) is 5. The van der Waals surface area contributed by atoms with Crippen LogP contribution in [-0.4, -0.2) is 61.2 Å². The lowest BCUT2D eigenvalue weighted by molar-refractivity contribution is 0.0616. The Morgan fingerprint density at radius 3 is 2.36 bits per heavy atom. The number of aromatic nitrogens is 4. The quantitative estimate of drug-likeness (QED) is 0.371. The van der Waals surface area contributed by atoms with Crippen LogP contribution in [0.3, 0.4) is 0 Å². The van der Waals surface area contributed by atoms with Gasteiger partial charge in [-0.05, 0) is 35.4 Å². The van der Waals surface area contributed by atoms with Crippen LogP contribution < -0.4 is 0 Å². The summed E-state index contributed by atoms with van der Waals surface area (Å²) in [6, 6.07) is 22.4. The topological polar surface area (TPSA) is 69.5 Å². The number of hydrogen-bond donors (Lipinski definition) is 1. The molecular weight excluding hydrogens is 472 g/mol. The predicted octanol–water partition coefficient (Wildman–Crippen LogP) is 5.00. The maximum absolute atomic E-state index is 12.7. The number of amides is 1. The highest BCUT2D eigenvalue weighted by atomic mass is 35.5. The number of hydrogen-bond acceptors (Lipinski definition) is 4. The largest absolute Gasteiger partial charge is 0.341 e. The first-order valence-electron chi connectivity index (χ1n) is 12.0. The number of carbonyl (C=O) groups excluding carboxylic acids is 1. The van der Waals surface area contributed by atoms with E-state index in [1.165, 1.54) is 0 Å². The van der Waals surface area contributed by atoms with Crippen molar-refractivity contribution in [3.63, 3.8) is 0 Å². The minimum atomic E-state index is -0.0520. The van der Waals surface area contributed by atoms with Crippen molar-refractivity contribution in [2.75, 3.05) is 26.2 Å². The van der Waals surface area contributed by atoms with Gasteiger partial charge in [-0.2, -0.15) is 0 Å². The van der Waals surface area contributed by atoms with Crippen LogP contribution in [-0.2, 0) is 6.54 Å². The molecule has 7 nitrogen and oxygen atoms in total. The Labute approximate surface area is 214 Å². The summed E-state index contributed by atoms with van der Waals surface area (Å²) >= 11 is 6.17. The summed E-state index contributed by atoms with van der Waals surface area (Å²) in [5, 5.41) is 0.702. The van der Waals surface area contributed by atoms with Gasteiger partial charge >= 0.3 is 0 Å². The highest BCUT2D eigenvalue weighted by Crippen LogP contribution is 2.29. The molecular formula is C28H25ClN6O. The molecule has 6 rings (SSSR count). The molecule has 1 N–H and O–H groups in total. The van der Waals surface area contributed by atoms with Gasteiger partial charge in [-0.25, -0.2) is 9.97 Å². The number of nitrogens with one attached hydrogen (secondary N) is 1. The molecule has 0 bridgehead atoms. The maximum Gasteiger partial charge on any atom is 0.289 e. The van der Waals surface area contributed by atoms with Crippen molar-refractivity contribution in [3.05, 3.63) is 102 Å². The summed E-state index contributed by atoms with van der Waals surface area (Å²) < 4.78 is 2.20. The number of halogens is 1.